The number of hydrogen-bond donors (Lipinski definition) is 0. The Hall–Kier alpha value is -4.18. The van der Waals surface area contributed by atoms with Gasteiger partial charge in [-0.2, -0.15) is 0 Å². The topological polar surface area (TPSA) is 110 Å². The highest BCUT2D eigenvalue weighted by Gasteiger charge is 2.34. The van der Waals surface area contributed by atoms with E-state index in [1.165, 1.54) is 38.4 Å². The molecule has 0 saturated heterocycles. The molecule has 0 bridgehead atoms. The molecule has 0 aromatic heterocycles. The van der Waals surface area contributed by atoms with Crippen LogP contribution in [0, 0.1) is 0 Å². The van der Waals surface area contributed by atoms with E-state index in [4.69, 9.17) is 9.47 Å². The summed E-state index contributed by atoms with van der Waals surface area (Å²) in [6, 6.07) is 18.5. The molecule has 0 aliphatic carbocycles. The summed E-state index contributed by atoms with van der Waals surface area (Å²) in [5, 5.41) is 0. The SMILES string of the molecule is COc1ccccc1N(C)S(=O)(=O)c1ccc(C(=O)OCCN2C(=O)c3ccccc3C2=O)cc1. The number of ether oxygens (including phenoxy) is 2. The average molecular weight is 495 g/mol. The van der Waals surface area contributed by atoms with Gasteiger partial charge in [-0.25, -0.2) is 13.2 Å². The number of anilines is 1. The number of sulfonamides is 1. The third-order valence-corrected chi connectivity index (χ3v) is 7.38. The normalized spacial score (nSPS) is 12.9. The van der Waals surface area contributed by atoms with Gasteiger partial charge in [-0.1, -0.05) is 24.3 Å². The van der Waals surface area contributed by atoms with Crippen LogP contribution in [0.2, 0.25) is 0 Å². The van der Waals surface area contributed by atoms with Gasteiger partial charge in [0.05, 0.1) is 40.9 Å². The summed E-state index contributed by atoms with van der Waals surface area (Å²) in [6.45, 7) is -0.283. The number of para-hydroxylation sites is 2. The van der Waals surface area contributed by atoms with Crippen LogP contribution in [0.25, 0.3) is 0 Å². The molecule has 1 aliphatic heterocycles. The molecule has 0 atom stereocenters. The zero-order chi connectivity index (χ0) is 25.2. The standard InChI is InChI=1S/C25H22N2O7S/c1-26(21-9-5-6-10-22(21)33-2)35(31,32)18-13-11-17(12-14-18)25(30)34-16-15-27-23(28)19-7-3-4-8-20(19)24(27)29/h3-14H,15-16H2,1-2H3. The Morgan fingerprint density at radius 1 is 0.886 bits per heavy atom. The monoisotopic (exact) mass is 494 g/mol. The molecule has 3 aromatic rings. The summed E-state index contributed by atoms with van der Waals surface area (Å²) in [7, 11) is -1.05. The molecule has 0 saturated carbocycles. The van der Waals surface area contributed by atoms with Gasteiger partial charge in [-0.15, -0.1) is 0 Å². The van der Waals surface area contributed by atoms with E-state index in [-0.39, 0.29) is 23.6 Å². The van der Waals surface area contributed by atoms with Crippen molar-refractivity contribution in [1.29, 1.82) is 0 Å². The smallest absolute Gasteiger partial charge is 0.338 e. The summed E-state index contributed by atoms with van der Waals surface area (Å²) >= 11 is 0. The van der Waals surface area contributed by atoms with Gasteiger partial charge >= 0.3 is 5.97 Å². The Morgan fingerprint density at radius 2 is 1.46 bits per heavy atom. The van der Waals surface area contributed by atoms with Crippen LogP contribution < -0.4 is 9.04 Å². The molecule has 10 heteroatoms. The highest BCUT2D eigenvalue weighted by molar-refractivity contribution is 7.92. The lowest BCUT2D eigenvalue weighted by molar-refractivity contribution is 0.0420. The van der Waals surface area contributed by atoms with Crippen molar-refractivity contribution in [2.45, 2.75) is 4.90 Å². The zero-order valence-electron chi connectivity index (χ0n) is 19.0. The van der Waals surface area contributed by atoms with Crippen LogP contribution >= 0.6 is 0 Å². The third-order valence-electron chi connectivity index (χ3n) is 5.60. The fourth-order valence-electron chi connectivity index (χ4n) is 3.70. The number of carbonyl (C=O) groups is 3. The van der Waals surface area contributed by atoms with Crippen molar-refractivity contribution in [3.63, 3.8) is 0 Å². The van der Waals surface area contributed by atoms with E-state index in [0.29, 0.717) is 22.6 Å². The summed E-state index contributed by atoms with van der Waals surface area (Å²) < 4.78 is 37.6. The first kappa shape index (κ1) is 24.0. The van der Waals surface area contributed by atoms with E-state index in [1.54, 1.807) is 48.5 Å². The second-order valence-corrected chi connectivity index (χ2v) is 9.58. The Morgan fingerprint density at radius 3 is 2.06 bits per heavy atom. The van der Waals surface area contributed by atoms with Gasteiger partial charge in [0.15, 0.2) is 0 Å². The van der Waals surface area contributed by atoms with Gasteiger partial charge in [0.1, 0.15) is 12.4 Å². The largest absolute Gasteiger partial charge is 0.495 e. The molecule has 35 heavy (non-hydrogen) atoms. The number of fused-ring (bicyclic) bond motifs is 1. The minimum Gasteiger partial charge on any atom is -0.495 e. The first-order valence-electron chi connectivity index (χ1n) is 10.6. The third kappa shape index (κ3) is 4.47. The molecule has 3 aromatic carbocycles. The van der Waals surface area contributed by atoms with E-state index >= 15 is 0 Å². The first-order chi connectivity index (χ1) is 16.8. The molecule has 0 radical (unpaired) electrons. The summed E-state index contributed by atoms with van der Waals surface area (Å²) in [6.07, 6.45) is 0. The molecule has 9 nitrogen and oxygen atoms in total. The van der Waals surface area contributed by atoms with Crippen molar-refractivity contribution in [3.8, 4) is 5.75 Å². The van der Waals surface area contributed by atoms with Crippen molar-refractivity contribution in [2.24, 2.45) is 0 Å². The van der Waals surface area contributed by atoms with Gasteiger partial charge < -0.3 is 9.47 Å². The number of carbonyl (C=O) groups excluding carboxylic acids is 3. The summed E-state index contributed by atoms with van der Waals surface area (Å²) in [5.41, 5.74) is 1.13. The van der Waals surface area contributed by atoms with Crippen LogP contribution in [0.5, 0.6) is 5.75 Å². The lowest BCUT2D eigenvalue weighted by Crippen LogP contribution is -2.33. The fraction of sp³-hybridized carbons (Fsp3) is 0.160. The quantitative estimate of drug-likeness (QED) is 0.350. The van der Waals surface area contributed by atoms with Crippen LogP contribution in [0.3, 0.4) is 0 Å². The number of imide groups is 1. The van der Waals surface area contributed by atoms with Crippen LogP contribution in [-0.4, -0.2) is 58.4 Å². The van der Waals surface area contributed by atoms with Crippen LogP contribution in [0.15, 0.2) is 77.7 Å². The van der Waals surface area contributed by atoms with Crippen molar-refractivity contribution in [3.05, 3.63) is 89.5 Å². The molecule has 2 amide bonds. The first-order valence-corrected chi connectivity index (χ1v) is 12.0. The maximum atomic E-state index is 13.0. The summed E-state index contributed by atoms with van der Waals surface area (Å²) in [5.74, 6) is -1.17. The van der Waals surface area contributed by atoms with Crippen LogP contribution in [0.4, 0.5) is 5.69 Å². The highest BCUT2D eigenvalue weighted by atomic mass is 32.2. The molecule has 0 fully saturated rings. The predicted molar refractivity (Wildman–Crippen MR) is 127 cm³/mol. The predicted octanol–water partition coefficient (Wildman–Crippen LogP) is 2.97. The van der Waals surface area contributed by atoms with E-state index in [1.807, 2.05) is 0 Å². The van der Waals surface area contributed by atoms with E-state index in [9.17, 15) is 22.8 Å². The van der Waals surface area contributed by atoms with E-state index < -0.39 is 27.8 Å². The minimum absolute atomic E-state index is 0.0199. The van der Waals surface area contributed by atoms with Crippen molar-refractivity contribution < 1.29 is 32.3 Å². The number of methoxy groups -OCH3 is 1. The lowest BCUT2D eigenvalue weighted by Gasteiger charge is -2.21. The van der Waals surface area contributed by atoms with Gasteiger partial charge in [-0.3, -0.25) is 18.8 Å². The van der Waals surface area contributed by atoms with Gasteiger partial charge in [0.25, 0.3) is 21.8 Å². The van der Waals surface area contributed by atoms with Crippen molar-refractivity contribution in [2.75, 3.05) is 31.6 Å². The second-order valence-electron chi connectivity index (χ2n) is 7.61. The lowest BCUT2D eigenvalue weighted by atomic mass is 10.1. The fourth-order valence-corrected chi connectivity index (χ4v) is 4.90. The maximum Gasteiger partial charge on any atom is 0.338 e. The number of amides is 2. The molecule has 0 unspecified atom stereocenters. The van der Waals surface area contributed by atoms with Crippen LogP contribution in [-0.2, 0) is 14.8 Å². The minimum atomic E-state index is -3.91. The zero-order valence-corrected chi connectivity index (χ0v) is 19.8. The number of rotatable bonds is 8. The molecular weight excluding hydrogens is 472 g/mol. The molecule has 1 heterocycles. The Balaban J connectivity index is 1.39. The van der Waals surface area contributed by atoms with Crippen LogP contribution in [0.1, 0.15) is 31.1 Å². The van der Waals surface area contributed by atoms with Gasteiger partial charge in [-0.05, 0) is 48.5 Å². The number of hydrogen-bond acceptors (Lipinski definition) is 7. The Kier molecular flexibility index (Phi) is 6.57. The van der Waals surface area contributed by atoms with Crippen molar-refractivity contribution >= 4 is 33.5 Å². The highest BCUT2D eigenvalue weighted by Crippen LogP contribution is 2.31. The number of benzene rings is 3. The molecule has 0 N–H and O–H groups in total. The Bertz CT molecular complexity index is 1370. The summed E-state index contributed by atoms with van der Waals surface area (Å²) in [4.78, 5) is 38.2. The number of nitrogens with zero attached hydrogens (tertiary/aromatic N) is 2. The van der Waals surface area contributed by atoms with Gasteiger partial charge in [0.2, 0.25) is 0 Å². The van der Waals surface area contributed by atoms with Gasteiger partial charge in [0, 0.05) is 7.05 Å². The average Bonchev–Trinajstić information content (AvgIpc) is 3.13. The molecular formula is C25H22N2O7S. The Labute approximate surface area is 202 Å². The molecule has 180 valence electrons. The van der Waals surface area contributed by atoms with E-state index in [0.717, 1.165) is 9.21 Å². The maximum absolute atomic E-state index is 13.0. The molecule has 0 spiro atoms. The molecule has 4 rings (SSSR count). The second kappa shape index (κ2) is 9.59. The van der Waals surface area contributed by atoms with E-state index in [2.05, 4.69) is 0 Å². The molecule has 1 aliphatic rings. The number of esters is 1. The van der Waals surface area contributed by atoms with Crippen molar-refractivity contribution in [1.82, 2.24) is 4.90 Å².